The molecule has 1 aromatic carbocycles. The lowest BCUT2D eigenvalue weighted by molar-refractivity contribution is -0.164. The van der Waals surface area contributed by atoms with E-state index in [0.717, 1.165) is 6.07 Å². The summed E-state index contributed by atoms with van der Waals surface area (Å²) in [4.78, 5) is 24.4. The van der Waals surface area contributed by atoms with E-state index in [9.17, 15) is 22.8 Å². The molecule has 0 aliphatic carbocycles. The van der Waals surface area contributed by atoms with Crippen LogP contribution in [0, 0.1) is 3.57 Å². The molecule has 0 fully saturated rings. The lowest BCUT2D eigenvalue weighted by atomic mass is 9.81. The molecule has 0 aliphatic heterocycles. The molecule has 0 amide bonds. The summed E-state index contributed by atoms with van der Waals surface area (Å²) in [6.45, 7) is 4.26. The highest BCUT2D eigenvalue weighted by molar-refractivity contribution is 14.1. The zero-order valence-electron chi connectivity index (χ0n) is 12.8. The number of esters is 2. The van der Waals surface area contributed by atoms with Gasteiger partial charge in [-0.15, -0.1) is 0 Å². The summed E-state index contributed by atoms with van der Waals surface area (Å²) >= 11 is 1.55. The number of carbonyl (C=O) groups is 2. The molecule has 0 aromatic heterocycles. The van der Waals surface area contributed by atoms with Crippen molar-refractivity contribution in [1.82, 2.24) is 0 Å². The molecule has 0 saturated heterocycles. The largest absolute Gasteiger partial charge is 0.465 e. The minimum absolute atomic E-state index is 0.00960. The number of ether oxygens (including phenoxy) is 2. The van der Waals surface area contributed by atoms with Gasteiger partial charge in [0, 0.05) is 3.57 Å². The molecule has 4 nitrogen and oxygen atoms in total. The van der Waals surface area contributed by atoms with Crippen LogP contribution < -0.4 is 0 Å². The summed E-state index contributed by atoms with van der Waals surface area (Å²) in [6, 6.07) is 3.29. The minimum Gasteiger partial charge on any atom is -0.465 e. The number of hydrogen-bond acceptors (Lipinski definition) is 4. The molecule has 0 saturated carbocycles. The monoisotopic (exact) mass is 444 g/mol. The quantitative estimate of drug-likeness (QED) is 0.395. The van der Waals surface area contributed by atoms with Crippen LogP contribution in [0.4, 0.5) is 13.2 Å². The summed E-state index contributed by atoms with van der Waals surface area (Å²) < 4.78 is 48.9. The maximum Gasteiger partial charge on any atom is 0.417 e. The summed E-state index contributed by atoms with van der Waals surface area (Å²) in [5, 5.41) is 0. The second-order valence-electron chi connectivity index (χ2n) is 4.76. The van der Waals surface area contributed by atoms with Gasteiger partial charge in [0.15, 0.2) is 5.41 Å². The average molecular weight is 444 g/mol. The Morgan fingerprint density at radius 1 is 1.09 bits per heavy atom. The Kier molecular flexibility index (Phi) is 6.43. The van der Waals surface area contributed by atoms with Crippen molar-refractivity contribution >= 4 is 34.5 Å². The maximum atomic E-state index is 13.1. The molecule has 0 aliphatic rings. The molecule has 8 heteroatoms. The lowest BCUT2D eigenvalue weighted by Crippen LogP contribution is -2.43. The minimum atomic E-state index is -4.60. The van der Waals surface area contributed by atoms with Gasteiger partial charge < -0.3 is 9.47 Å². The van der Waals surface area contributed by atoms with Crippen molar-refractivity contribution in [3.05, 3.63) is 32.9 Å². The molecular weight excluding hydrogens is 428 g/mol. The third-order valence-corrected chi connectivity index (χ3v) is 4.16. The van der Waals surface area contributed by atoms with Crippen LogP contribution in [0.2, 0.25) is 0 Å². The van der Waals surface area contributed by atoms with Gasteiger partial charge in [-0.05, 0) is 61.1 Å². The van der Waals surface area contributed by atoms with Gasteiger partial charge in [0.2, 0.25) is 0 Å². The normalized spacial score (nSPS) is 12.0. The van der Waals surface area contributed by atoms with Gasteiger partial charge in [-0.25, -0.2) is 0 Å². The third-order valence-electron chi connectivity index (χ3n) is 3.22. The van der Waals surface area contributed by atoms with Crippen LogP contribution in [0.25, 0.3) is 0 Å². The van der Waals surface area contributed by atoms with Crippen molar-refractivity contribution in [1.29, 1.82) is 0 Å². The predicted molar refractivity (Wildman–Crippen MR) is 84.8 cm³/mol. The van der Waals surface area contributed by atoms with Gasteiger partial charge in [-0.2, -0.15) is 13.2 Å². The third kappa shape index (κ3) is 4.15. The summed E-state index contributed by atoms with van der Waals surface area (Å²) in [7, 11) is 0. The van der Waals surface area contributed by atoms with Crippen molar-refractivity contribution in [2.24, 2.45) is 0 Å². The van der Waals surface area contributed by atoms with Crippen LogP contribution >= 0.6 is 22.6 Å². The topological polar surface area (TPSA) is 52.6 Å². The standard InChI is InChI=1S/C15H16F3IO4/c1-4-22-12(20)14(3,13(21)23-5-2)9-6-7-11(19)10(8-9)15(16,17)18/h6-8H,4-5H2,1-3H3. The molecule has 0 heterocycles. The number of carbonyl (C=O) groups excluding carboxylic acids is 2. The number of rotatable bonds is 5. The highest BCUT2D eigenvalue weighted by atomic mass is 127. The highest BCUT2D eigenvalue weighted by Gasteiger charge is 2.47. The second kappa shape index (κ2) is 7.50. The smallest absolute Gasteiger partial charge is 0.417 e. The predicted octanol–water partition coefficient (Wildman–Crippen LogP) is 3.69. The first-order valence-corrected chi connectivity index (χ1v) is 7.88. The van der Waals surface area contributed by atoms with Gasteiger partial charge in [0.1, 0.15) is 0 Å². The van der Waals surface area contributed by atoms with Crippen LogP contribution in [0.15, 0.2) is 18.2 Å². The molecule has 0 atom stereocenters. The van der Waals surface area contributed by atoms with Crippen molar-refractivity contribution in [3.8, 4) is 0 Å². The molecule has 1 aromatic rings. The Morgan fingerprint density at radius 3 is 1.96 bits per heavy atom. The highest BCUT2D eigenvalue weighted by Crippen LogP contribution is 2.37. The number of halogens is 4. The molecule has 0 N–H and O–H groups in total. The van der Waals surface area contributed by atoms with Gasteiger partial charge in [0.25, 0.3) is 0 Å². The first-order chi connectivity index (χ1) is 10.6. The Hall–Kier alpha value is -1.32. The Morgan fingerprint density at radius 2 is 1.57 bits per heavy atom. The summed E-state index contributed by atoms with van der Waals surface area (Å²) in [6.07, 6.45) is -4.60. The average Bonchev–Trinajstić information content (AvgIpc) is 2.46. The molecule has 0 bridgehead atoms. The van der Waals surface area contributed by atoms with Crippen molar-refractivity contribution in [2.45, 2.75) is 32.4 Å². The maximum absolute atomic E-state index is 13.1. The summed E-state index contributed by atoms with van der Waals surface area (Å²) in [5.41, 5.74) is -3.01. The van der Waals surface area contributed by atoms with E-state index in [1.807, 2.05) is 0 Å². The number of hydrogen-bond donors (Lipinski definition) is 0. The zero-order valence-corrected chi connectivity index (χ0v) is 14.9. The molecule has 0 spiro atoms. The van der Waals surface area contributed by atoms with E-state index in [0.29, 0.717) is 0 Å². The molecule has 0 radical (unpaired) electrons. The van der Waals surface area contributed by atoms with E-state index in [4.69, 9.17) is 9.47 Å². The van der Waals surface area contributed by atoms with Crippen LogP contribution in [-0.4, -0.2) is 25.2 Å². The molecule has 128 valence electrons. The van der Waals surface area contributed by atoms with Crippen LogP contribution in [0.3, 0.4) is 0 Å². The first-order valence-electron chi connectivity index (χ1n) is 6.80. The van der Waals surface area contributed by atoms with E-state index in [1.165, 1.54) is 19.1 Å². The van der Waals surface area contributed by atoms with Gasteiger partial charge in [-0.3, -0.25) is 9.59 Å². The van der Waals surface area contributed by atoms with Crippen molar-refractivity contribution < 1.29 is 32.2 Å². The molecule has 23 heavy (non-hydrogen) atoms. The van der Waals surface area contributed by atoms with E-state index < -0.39 is 29.1 Å². The zero-order chi connectivity index (χ0) is 17.8. The van der Waals surface area contributed by atoms with Gasteiger partial charge >= 0.3 is 18.1 Å². The second-order valence-corrected chi connectivity index (χ2v) is 5.92. The fraction of sp³-hybridized carbons (Fsp3) is 0.467. The Balaban J connectivity index is 3.49. The van der Waals surface area contributed by atoms with Crippen LogP contribution in [0.5, 0.6) is 0 Å². The van der Waals surface area contributed by atoms with E-state index in [-0.39, 0.29) is 22.3 Å². The van der Waals surface area contributed by atoms with E-state index in [2.05, 4.69) is 0 Å². The van der Waals surface area contributed by atoms with E-state index >= 15 is 0 Å². The molecule has 1 rings (SSSR count). The van der Waals surface area contributed by atoms with Gasteiger partial charge in [-0.1, -0.05) is 6.07 Å². The van der Waals surface area contributed by atoms with E-state index in [1.54, 1.807) is 36.4 Å². The van der Waals surface area contributed by atoms with Crippen molar-refractivity contribution in [2.75, 3.05) is 13.2 Å². The number of alkyl halides is 3. The summed E-state index contributed by atoms with van der Waals surface area (Å²) in [5.74, 6) is -1.90. The number of benzene rings is 1. The molecule has 0 unspecified atom stereocenters. The SMILES string of the molecule is CCOC(=O)C(C)(C(=O)OCC)c1ccc(I)c(C(F)(F)F)c1. The van der Waals surface area contributed by atoms with Crippen LogP contribution in [-0.2, 0) is 30.7 Å². The Labute approximate surface area is 145 Å². The fourth-order valence-corrected chi connectivity index (χ4v) is 2.56. The first kappa shape index (κ1) is 19.7. The van der Waals surface area contributed by atoms with Gasteiger partial charge in [0.05, 0.1) is 18.8 Å². The fourth-order valence-electron chi connectivity index (χ4n) is 1.92. The van der Waals surface area contributed by atoms with Crippen molar-refractivity contribution in [3.63, 3.8) is 0 Å². The van der Waals surface area contributed by atoms with Crippen LogP contribution in [0.1, 0.15) is 31.9 Å². The molecular formula is C15H16F3IO4. The Bertz CT molecular complexity index is 581. The lowest BCUT2D eigenvalue weighted by Gasteiger charge is -2.26.